The molecular weight excluding hydrogens is 234 g/mol. The molecule has 0 N–H and O–H groups in total. The van der Waals surface area contributed by atoms with Gasteiger partial charge in [-0.15, -0.1) is 0 Å². The fourth-order valence-corrected chi connectivity index (χ4v) is 3.00. The fourth-order valence-electron chi connectivity index (χ4n) is 3.00. The zero-order valence-corrected chi connectivity index (χ0v) is 14.3. The van der Waals surface area contributed by atoms with Gasteiger partial charge >= 0.3 is 0 Å². The molecule has 2 nitrogen and oxygen atoms in total. The first kappa shape index (κ1) is 18.6. The SMILES string of the molecule is CCC(C)(CC)CCC(C)(CN=O)C(C)(CC)CC. The van der Waals surface area contributed by atoms with Crippen molar-refractivity contribution in [3.63, 3.8) is 0 Å². The topological polar surface area (TPSA) is 29.4 Å². The standard InChI is InChI=1S/C17H35NO/c1-8-15(5,9-2)12-13-17(7,14-18-19)16(6,10-3)11-4/h8-14H2,1-7H3. The molecule has 0 heterocycles. The molecule has 0 aliphatic heterocycles. The van der Waals surface area contributed by atoms with Gasteiger partial charge in [0.05, 0.1) is 6.54 Å². The molecule has 0 aromatic carbocycles. The first-order valence-electron chi connectivity index (χ1n) is 8.05. The molecule has 0 rings (SSSR count). The van der Waals surface area contributed by atoms with E-state index in [9.17, 15) is 4.91 Å². The highest BCUT2D eigenvalue weighted by atomic mass is 16.3. The van der Waals surface area contributed by atoms with Crippen molar-refractivity contribution in [1.82, 2.24) is 0 Å². The largest absolute Gasteiger partial charge is 0.151 e. The van der Waals surface area contributed by atoms with Crippen LogP contribution in [-0.2, 0) is 0 Å². The third-order valence-electron chi connectivity index (χ3n) is 6.42. The van der Waals surface area contributed by atoms with E-state index < -0.39 is 0 Å². The van der Waals surface area contributed by atoms with E-state index in [1.807, 2.05) is 0 Å². The lowest BCUT2D eigenvalue weighted by Crippen LogP contribution is -2.40. The van der Waals surface area contributed by atoms with Crippen molar-refractivity contribution in [2.45, 2.75) is 87.0 Å². The maximum atomic E-state index is 10.9. The molecule has 0 aliphatic carbocycles. The summed E-state index contributed by atoms with van der Waals surface area (Å²) in [6, 6.07) is 0. The normalized spacial score (nSPS) is 16.2. The molecule has 0 fully saturated rings. The molecule has 0 aromatic rings. The zero-order valence-electron chi connectivity index (χ0n) is 14.3. The summed E-state index contributed by atoms with van der Waals surface area (Å²) in [6.45, 7) is 16.5. The Bertz CT molecular complexity index is 266. The molecule has 0 saturated carbocycles. The van der Waals surface area contributed by atoms with Gasteiger partial charge in [0, 0.05) is 0 Å². The molecule has 0 aliphatic rings. The lowest BCUT2D eigenvalue weighted by molar-refractivity contribution is 0.0415. The van der Waals surface area contributed by atoms with Gasteiger partial charge < -0.3 is 0 Å². The average molecular weight is 269 g/mol. The molecule has 2 heteroatoms. The van der Waals surface area contributed by atoms with Crippen LogP contribution >= 0.6 is 0 Å². The summed E-state index contributed by atoms with van der Waals surface area (Å²) < 4.78 is 0. The van der Waals surface area contributed by atoms with Crippen molar-refractivity contribution in [2.24, 2.45) is 21.4 Å². The number of nitrogens with zero attached hydrogens (tertiary/aromatic N) is 1. The molecular formula is C17H35NO. The Labute approximate surface area is 120 Å². The summed E-state index contributed by atoms with van der Waals surface area (Å²) in [5.41, 5.74) is 0.652. The Hall–Kier alpha value is -0.400. The van der Waals surface area contributed by atoms with Crippen molar-refractivity contribution >= 4 is 0 Å². The van der Waals surface area contributed by atoms with Gasteiger partial charge in [-0.3, -0.25) is 0 Å². The predicted molar refractivity (Wildman–Crippen MR) is 85.4 cm³/mol. The van der Waals surface area contributed by atoms with E-state index in [1.54, 1.807) is 0 Å². The second kappa shape index (κ2) is 7.40. The van der Waals surface area contributed by atoms with Crippen LogP contribution in [0.25, 0.3) is 0 Å². The van der Waals surface area contributed by atoms with E-state index in [0.717, 1.165) is 19.3 Å². The minimum absolute atomic E-state index is 0.0316. The van der Waals surface area contributed by atoms with Crippen LogP contribution in [0.15, 0.2) is 5.18 Å². The molecule has 19 heavy (non-hydrogen) atoms. The highest BCUT2D eigenvalue weighted by Crippen LogP contribution is 2.50. The number of hydrogen-bond acceptors (Lipinski definition) is 2. The Morgan fingerprint density at radius 2 is 1.21 bits per heavy atom. The maximum absolute atomic E-state index is 10.9. The van der Waals surface area contributed by atoms with Crippen LogP contribution in [0.5, 0.6) is 0 Å². The van der Waals surface area contributed by atoms with Crippen molar-refractivity contribution in [3.8, 4) is 0 Å². The monoisotopic (exact) mass is 269 g/mol. The van der Waals surface area contributed by atoms with E-state index in [-0.39, 0.29) is 10.8 Å². The van der Waals surface area contributed by atoms with Gasteiger partial charge in [0.25, 0.3) is 0 Å². The van der Waals surface area contributed by atoms with Crippen LogP contribution < -0.4 is 0 Å². The quantitative estimate of drug-likeness (QED) is 0.435. The number of rotatable bonds is 10. The molecule has 0 bridgehead atoms. The first-order chi connectivity index (χ1) is 8.76. The smallest absolute Gasteiger partial charge is 0.0869 e. The third-order valence-corrected chi connectivity index (χ3v) is 6.42. The molecule has 0 spiro atoms. The maximum Gasteiger partial charge on any atom is 0.0869 e. The van der Waals surface area contributed by atoms with E-state index in [4.69, 9.17) is 0 Å². The van der Waals surface area contributed by atoms with Gasteiger partial charge in [-0.2, -0.15) is 4.91 Å². The Morgan fingerprint density at radius 1 is 0.737 bits per heavy atom. The second-order valence-corrected chi connectivity index (χ2v) is 7.13. The second-order valence-electron chi connectivity index (χ2n) is 7.13. The van der Waals surface area contributed by atoms with E-state index >= 15 is 0 Å². The van der Waals surface area contributed by atoms with Crippen LogP contribution in [0.1, 0.15) is 87.0 Å². The third kappa shape index (κ3) is 4.29. The molecule has 0 aromatic heterocycles. The van der Waals surface area contributed by atoms with Crippen molar-refractivity contribution in [3.05, 3.63) is 4.91 Å². The van der Waals surface area contributed by atoms with Gasteiger partial charge in [0.2, 0.25) is 0 Å². The van der Waals surface area contributed by atoms with Gasteiger partial charge in [0.15, 0.2) is 0 Å². The summed E-state index contributed by atoms with van der Waals surface area (Å²) in [5.74, 6) is 0. The molecule has 0 saturated heterocycles. The molecule has 0 radical (unpaired) electrons. The Kier molecular flexibility index (Phi) is 7.24. The van der Waals surface area contributed by atoms with E-state index in [1.165, 1.54) is 19.3 Å². The minimum atomic E-state index is 0.0316. The van der Waals surface area contributed by atoms with Gasteiger partial charge in [-0.1, -0.05) is 79.3 Å². The Balaban J connectivity index is 5.05. The predicted octanol–water partition coefficient (Wildman–Crippen LogP) is 6.19. The van der Waals surface area contributed by atoms with Gasteiger partial charge in [0.1, 0.15) is 0 Å². The van der Waals surface area contributed by atoms with Crippen molar-refractivity contribution < 1.29 is 0 Å². The molecule has 1 unspecified atom stereocenters. The van der Waals surface area contributed by atoms with Crippen LogP contribution in [0.2, 0.25) is 0 Å². The summed E-state index contributed by atoms with van der Waals surface area (Å²) in [6.07, 6.45) is 6.96. The van der Waals surface area contributed by atoms with E-state index in [0.29, 0.717) is 12.0 Å². The zero-order chi connectivity index (χ0) is 15.2. The highest BCUT2D eigenvalue weighted by molar-refractivity contribution is 4.93. The number of nitroso groups, excluding NO2 is 1. The highest BCUT2D eigenvalue weighted by Gasteiger charge is 2.43. The van der Waals surface area contributed by atoms with Crippen LogP contribution in [0.3, 0.4) is 0 Å². The van der Waals surface area contributed by atoms with Crippen molar-refractivity contribution in [2.75, 3.05) is 6.54 Å². The molecule has 1 atom stereocenters. The van der Waals surface area contributed by atoms with Gasteiger partial charge in [-0.05, 0) is 29.1 Å². The summed E-state index contributed by atoms with van der Waals surface area (Å²) in [7, 11) is 0. The minimum Gasteiger partial charge on any atom is -0.151 e. The lowest BCUT2D eigenvalue weighted by Gasteiger charge is -2.46. The fraction of sp³-hybridized carbons (Fsp3) is 1.00. The molecule has 0 amide bonds. The molecule has 114 valence electrons. The van der Waals surface area contributed by atoms with E-state index in [2.05, 4.69) is 53.6 Å². The van der Waals surface area contributed by atoms with Crippen molar-refractivity contribution in [1.29, 1.82) is 0 Å². The van der Waals surface area contributed by atoms with Gasteiger partial charge in [-0.25, -0.2) is 0 Å². The number of hydrogen-bond donors (Lipinski definition) is 0. The van der Waals surface area contributed by atoms with Crippen LogP contribution in [0, 0.1) is 21.2 Å². The van der Waals surface area contributed by atoms with Crippen LogP contribution in [0.4, 0.5) is 0 Å². The summed E-state index contributed by atoms with van der Waals surface area (Å²) in [4.78, 5) is 10.9. The average Bonchev–Trinajstić information content (AvgIpc) is 2.44. The summed E-state index contributed by atoms with van der Waals surface area (Å²) in [5, 5.41) is 3.27. The first-order valence-corrected chi connectivity index (χ1v) is 8.05. The summed E-state index contributed by atoms with van der Waals surface area (Å²) >= 11 is 0. The Morgan fingerprint density at radius 3 is 1.53 bits per heavy atom. The lowest BCUT2D eigenvalue weighted by atomic mass is 9.59. The van der Waals surface area contributed by atoms with Crippen LogP contribution in [-0.4, -0.2) is 6.54 Å².